The second kappa shape index (κ2) is 26.5. The Balaban J connectivity index is 4.20. The van der Waals surface area contributed by atoms with Crippen molar-refractivity contribution >= 4 is 52.7 Å². The molecule has 0 fully saturated rings. The van der Waals surface area contributed by atoms with Gasteiger partial charge >= 0.3 is 11.9 Å². The van der Waals surface area contributed by atoms with Crippen LogP contribution < -0.4 is 11.1 Å². The van der Waals surface area contributed by atoms with Crippen LogP contribution in [0.4, 0.5) is 0 Å². The predicted molar refractivity (Wildman–Crippen MR) is 165 cm³/mol. The van der Waals surface area contributed by atoms with E-state index in [4.69, 9.17) is 24.7 Å². The van der Waals surface area contributed by atoms with Gasteiger partial charge in [0.15, 0.2) is 5.78 Å². The maximum absolute atomic E-state index is 12.6. The summed E-state index contributed by atoms with van der Waals surface area (Å²) in [6, 6.07) is -0.912. The summed E-state index contributed by atoms with van der Waals surface area (Å²) in [6.07, 6.45) is 0.409. The number of aliphatic hydroxyl groups is 1. The standard InChI is InChI=1S/C30H50N2O12S/c1-4-29(39)43-17-24(44-30(40)5-2)19-45-20-25(31)27(37)15-22(16-33)26(36)7-6-12-42-18-28(38)32-11-14-41-13-10-23(35)9-8-21(3)34/h22,24-25,33H,4-20,31H2,1-3H3,(H,32,38). The number of carbonyl (C=O) groups excluding carboxylic acids is 7. The zero-order chi connectivity index (χ0) is 34.0. The molecule has 0 aromatic carbocycles. The van der Waals surface area contributed by atoms with E-state index in [0.717, 1.165) is 0 Å². The summed E-state index contributed by atoms with van der Waals surface area (Å²) < 4.78 is 20.9. The van der Waals surface area contributed by atoms with E-state index in [1.165, 1.54) is 18.7 Å². The highest BCUT2D eigenvalue weighted by molar-refractivity contribution is 7.99. The number of rotatable bonds is 29. The summed E-state index contributed by atoms with van der Waals surface area (Å²) in [6.45, 7) is 4.66. The molecule has 3 atom stereocenters. The maximum atomic E-state index is 12.6. The Kier molecular flexibility index (Phi) is 24.9. The number of ether oxygens (including phenoxy) is 4. The first-order valence-corrected chi connectivity index (χ1v) is 16.4. The van der Waals surface area contributed by atoms with E-state index in [9.17, 15) is 38.7 Å². The molecule has 3 unspecified atom stereocenters. The fourth-order valence-corrected chi connectivity index (χ4v) is 4.53. The molecule has 45 heavy (non-hydrogen) atoms. The number of hydrogen-bond donors (Lipinski definition) is 3. The van der Waals surface area contributed by atoms with E-state index in [1.807, 2.05) is 0 Å². The van der Waals surface area contributed by atoms with Gasteiger partial charge in [0, 0.05) is 75.5 Å². The zero-order valence-electron chi connectivity index (χ0n) is 26.7. The first-order valence-electron chi connectivity index (χ1n) is 15.2. The molecule has 1 amide bonds. The minimum atomic E-state index is -0.912. The molecule has 0 aliphatic rings. The molecule has 0 aromatic rings. The van der Waals surface area contributed by atoms with Crippen molar-refractivity contribution < 1.29 is 57.6 Å². The van der Waals surface area contributed by atoms with Gasteiger partial charge in [-0.1, -0.05) is 13.8 Å². The Morgan fingerprint density at radius 2 is 1.56 bits per heavy atom. The van der Waals surface area contributed by atoms with Crippen molar-refractivity contribution in [1.82, 2.24) is 5.32 Å². The summed E-state index contributed by atoms with van der Waals surface area (Å²) in [7, 11) is 0. The van der Waals surface area contributed by atoms with E-state index < -0.39 is 42.4 Å². The topological polar surface area (TPSA) is 215 Å². The zero-order valence-corrected chi connectivity index (χ0v) is 27.5. The molecule has 0 saturated carbocycles. The van der Waals surface area contributed by atoms with Gasteiger partial charge in [-0.15, -0.1) is 0 Å². The number of nitrogens with one attached hydrogen (secondary N) is 1. The molecule has 0 saturated heterocycles. The third kappa shape index (κ3) is 23.3. The largest absolute Gasteiger partial charge is 0.462 e. The SMILES string of the molecule is CCC(=O)OCC(CSCC(N)C(=O)CC(CO)C(=O)CCCOCC(=O)NCCOCCC(=O)CCC(C)=O)OC(=O)CC. The number of Topliss-reactive ketones (excluding diaryl/α,β-unsaturated/α-hetero) is 4. The van der Waals surface area contributed by atoms with E-state index in [1.54, 1.807) is 13.8 Å². The molecule has 0 rings (SSSR count). The lowest BCUT2D eigenvalue weighted by atomic mass is 9.93. The van der Waals surface area contributed by atoms with Gasteiger partial charge in [0.25, 0.3) is 0 Å². The van der Waals surface area contributed by atoms with E-state index in [2.05, 4.69) is 5.32 Å². The molecule has 0 heterocycles. The molecular weight excluding hydrogens is 612 g/mol. The van der Waals surface area contributed by atoms with Crippen LogP contribution in [-0.2, 0) is 52.5 Å². The fourth-order valence-electron chi connectivity index (χ4n) is 3.53. The van der Waals surface area contributed by atoms with E-state index >= 15 is 0 Å². The molecule has 258 valence electrons. The van der Waals surface area contributed by atoms with Gasteiger partial charge in [-0.2, -0.15) is 11.8 Å². The predicted octanol–water partition coefficient (Wildman–Crippen LogP) is 0.717. The lowest BCUT2D eigenvalue weighted by Gasteiger charge is -2.19. The normalized spacial score (nSPS) is 12.9. The Labute approximate surface area is 269 Å². The van der Waals surface area contributed by atoms with Gasteiger partial charge in [-0.3, -0.25) is 28.8 Å². The molecule has 4 N–H and O–H groups in total. The second-order valence-electron chi connectivity index (χ2n) is 10.3. The van der Waals surface area contributed by atoms with Crippen molar-refractivity contribution in [3.63, 3.8) is 0 Å². The summed E-state index contributed by atoms with van der Waals surface area (Å²) in [5, 5.41) is 12.3. The maximum Gasteiger partial charge on any atom is 0.305 e. The van der Waals surface area contributed by atoms with Gasteiger partial charge in [-0.25, -0.2) is 0 Å². The third-order valence-electron chi connectivity index (χ3n) is 6.24. The van der Waals surface area contributed by atoms with Gasteiger partial charge in [0.05, 0.1) is 25.9 Å². The fraction of sp³-hybridized carbons (Fsp3) is 0.767. The van der Waals surface area contributed by atoms with E-state index in [-0.39, 0.29) is 119 Å². The average Bonchev–Trinajstić information content (AvgIpc) is 3.01. The van der Waals surface area contributed by atoms with Gasteiger partial charge in [0.1, 0.15) is 36.7 Å². The van der Waals surface area contributed by atoms with Gasteiger partial charge < -0.3 is 39.9 Å². The molecule has 15 heteroatoms. The lowest BCUT2D eigenvalue weighted by Crippen LogP contribution is -2.37. The molecule has 0 radical (unpaired) electrons. The number of thioether (sulfide) groups is 1. The van der Waals surface area contributed by atoms with Crippen LogP contribution in [0, 0.1) is 5.92 Å². The average molecular weight is 663 g/mol. The van der Waals surface area contributed by atoms with Gasteiger partial charge in [0.2, 0.25) is 5.91 Å². The summed E-state index contributed by atoms with van der Waals surface area (Å²) >= 11 is 1.25. The van der Waals surface area contributed by atoms with Crippen LogP contribution in [0.3, 0.4) is 0 Å². The number of nitrogens with two attached hydrogens (primary N) is 1. The number of esters is 2. The number of hydrogen-bond acceptors (Lipinski definition) is 14. The quantitative estimate of drug-likeness (QED) is 0.0743. The van der Waals surface area contributed by atoms with Crippen LogP contribution >= 0.6 is 11.8 Å². The smallest absolute Gasteiger partial charge is 0.305 e. The monoisotopic (exact) mass is 662 g/mol. The molecule has 0 spiro atoms. The lowest BCUT2D eigenvalue weighted by molar-refractivity contribution is -0.157. The first kappa shape index (κ1) is 42.3. The number of ketones is 4. The number of aliphatic hydroxyl groups excluding tert-OH is 1. The highest BCUT2D eigenvalue weighted by Gasteiger charge is 2.25. The Hall–Kier alpha value is -2.72. The molecule has 0 aliphatic heterocycles. The van der Waals surface area contributed by atoms with Crippen molar-refractivity contribution in [1.29, 1.82) is 0 Å². The van der Waals surface area contributed by atoms with Crippen molar-refractivity contribution in [2.24, 2.45) is 11.7 Å². The van der Waals surface area contributed by atoms with Gasteiger partial charge in [-0.05, 0) is 13.3 Å². The van der Waals surface area contributed by atoms with Crippen molar-refractivity contribution in [3.8, 4) is 0 Å². The molecular formula is C30H50N2O12S. The summed E-state index contributed by atoms with van der Waals surface area (Å²) in [4.78, 5) is 82.5. The van der Waals surface area contributed by atoms with Crippen LogP contribution in [0.1, 0.15) is 72.1 Å². The van der Waals surface area contributed by atoms with Crippen molar-refractivity contribution in [2.75, 3.05) is 57.7 Å². The Morgan fingerprint density at radius 3 is 2.20 bits per heavy atom. The van der Waals surface area contributed by atoms with E-state index in [0.29, 0.717) is 6.42 Å². The molecule has 0 aromatic heterocycles. The van der Waals surface area contributed by atoms with Crippen LogP contribution in [0.2, 0.25) is 0 Å². The minimum Gasteiger partial charge on any atom is -0.462 e. The second-order valence-corrected chi connectivity index (χ2v) is 11.3. The Morgan fingerprint density at radius 1 is 0.844 bits per heavy atom. The van der Waals surface area contributed by atoms with Crippen molar-refractivity contribution in [2.45, 2.75) is 84.3 Å². The highest BCUT2D eigenvalue weighted by atomic mass is 32.2. The summed E-state index contributed by atoms with van der Waals surface area (Å²) in [5.41, 5.74) is 5.99. The molecule has 0 bridgehead atoms. The van der Waals surface area contributed by atoms with Crippen molar-refractivity contribution in [3.05, 3.63) is 0 Å². The third-order valence-corrected chi connectivity index (χ3v) is 7.44. The minimum absolute atomic E-state index is 0.0366. The van der Waals surface area contributed by atoms with Crippen LogP contribution in [-0.4, -0.2) is 116 Å². The first-order chi connectivity index (χ1) is 21.4. The van der Waals surface area contributed by atoms with Crippen LogP contribution in [0.5, 0.6) is 0 Å². The molecule has 14 nitrogen and oxygen atoms in total. The molecule has 0 aliphatic carbocycles. The van der Waals surface area contributed by atoms with Crippen LogP contribution in [0.25, 0.3) is 0 Å². The summed E-state index contributed by atoms with van der Waals surface area (Å²) in [5.74, 6) is -2.52. The Bertz CT molecular complexity index is 946. The number of carbonyl (C=O) groups is 7. The number of amides is 1. The van der Waals surface area contributed by atoms with Crippen LogP contribution in [0.15, 0.2) is 0 Å². The highest BCUT2D eigenvalue weighted by Crippen LogP contribution is 2.14.